The lowest BCUT2D eigenvalue weighted by molar-refractivity contribution is 0.0504. The first-order chi connectivity index (χ1) is 10.8. The Balaban J connectivity index is 1.93. The highest BCUT2D eigenvalue weighted by molar-refractivity contribution is 5.68. The van der Waals surface area contributed by atoms with Gasteiger partial charge in [-0.25, -0.2) is 4.79 Å². The molecule has 0 unspecified atom stereocenters. The minimum atomic E-state index is -0.468. The molecule has 1 saturated heterocycles. The number of hydrogen-bond acceptors (Lipinski definition) is 4. The number of rotatable bonds is 4. The lowest BCUT2D eigenvalue weighted by Gasteiger charge is -2.27. The molecule has 0 saturated carbocycles. The summed E-state index contributed by atoms with van der Waals surface area (Å²) in [5, 5.41) is 2.96. The van der Waals surface area contributed by atoms with E-state index in [9.17, 15) is 4.79 Å². The van der Waals surface area contributed by atoms with E-state index in [1.54, 1.807) is 0 Å². The molecule has 128 valence electrons. The Labute approximate surface area is 139 Å². The molecule has 0 aromatic heterocycles. The minimum Gasteiger partial charge on any atom is -0.444 e. The van der Waals surface area contributed by atoms with Crippen molar-refractivity contribution >= 4 is 6.09 Å². The molecular weight excluding hydrogens is 290 g/mol. The van der Waals surface area contributed by atoms with Gasteiger partial charge in [0.2, 0.25) is 0 Å². The van der Waals surface area contributed by atoms with E-state index in [1.807, 2.05) is 20.8 Å². The van der Waals surface area contributed by atoms with Crippen LogP contribution in [0.4, 0.5) is 4.79 Å². The highest BCUT2D eigenvalue weighted by Crippen LogP contribution is 2.25. The number of benzene rings is 1. The summed E-state index contributed by atoms with van der Waals surface area (Å²) in [5.74, 6) is 0. The lowest BCUT2D eigenvalue weighted by atomic mass is 10.0. The molecule has 5 heteroatoms. The van der Waals surface area contributed by atoms with Crippen LogP contribution >= 0.6 is 0 Å². The van der Waals surface area contributed by atoms with Gasteiger partial charge in [0.25, 0.3) is 0 Å². The van der Waals surface area contributed by atoms with Crippen molar-refractivity contribution in [2.75, 3.05) is 19.6 Å². The first kappa shape index (κ1) is 17.8. The fourth-order valence-corrected chi connectivity index (χ4v) is 2.95. The normalized spacial score (nSPS) is 20.3. The summed E-state index contributed by atoms with van der Waals surface area (Å²) in [6, 6.07) is 8.82. The predicted octanol–water partition coefficient (Wildman–Crippen LogP) is 2.59. The second kappa shape index (κ2) is 7.32. The van der Waals surface area contributed by atoms with Crippen LogP contribution in [0.15, 0.2) is 24.3 Å². The molecule has 2 atom stereocenters. The molecule has 1 fully saturated rings. The predicted molar refractivity (Wildman–Crippen MR) is 92.3 cm³/mol. The van der Waals surface area contributed by atoms with Crippen molar-refractivity contribution in [2.24, 2.45) is 5.73 Å². The van der Waals surface area contributed by atoms with E-state index in [0.717, 1.165) is 19.5 Å². The van der Waals surface area contributed by atoms with E-state index >= 15 is 0 Å². The van der Waals surface area contributed by atoms with Crippen LogP contribution in [0.3, 0.4) is 0 Å². The van der Waals surface area contributed by atoms with Crippen LogP contribution in [-0.2, 0) is 4.74 Å². The fraction of sp³-hybridized carbons (Fsp3) is 0.611. The number of carbonyl (C=O) groups excluding carboxylic acids is 1. The van der Waals surface area contributed by atoms with Crippen LogP contribution in [0.5, 0.6) is 0 Å². The van der Waals surface area contributed by atoms with Crippen LogP contribution in [0.2, 0.25) is 0 Å². The molecule has 5 nitrogen and oxygen atoms in total. The van der Waals surface area contributed by atoms with E-state index in [0.29, 0.717) is 6.54 Å². The summed E-state index contributed by atoms with van der Waals surface area (Å²) in [6.07, 6.45) is 0.575. The highest BCUT2D eigenvalue weighted by atomic mass is 16.6. The zero-order chi connectivity index (χ0) is 17.0. The number of nitrogens with zero attached hydrogens (tertiary/aromatic N) is 1. The van der Waals surface area contributed by atoms with E-state index in [4.69, 9.17) is 10.5 Å². The maximum atomic E-state index is 11.9. The van der Waals surface area contributed by atoms with Gasteiger partial charge in [-0.2, -0.15) is 0 Å². The van der Waals surface area contributed by atoms with Gasteiger partial charge in [-0.3, -0.25) is 4.90 Å². The number of likely N-dealkylation sites (tertiary alicyclic amines) is 1. The van der Waals surface area contributed by atoms with Gasteiger partial charge in [-0.05, 0) is 39.7 Å². The van der Waals surface area contributed by atoms with Gasteiger partial charge in [-0.1, -0.05) is 29.8 Å². The van der Waals surface area contributed by atoms with Gasteiger partial charge in [0.15, 0.2) is 0 Å². The van der Waals surface area contributed by atoms with Crippen molar-refractivity contribution in [3.63, 3.8) is 0 Å². The summed E-state index contributed by atoms with van der Waals surface area (Å²) in [6.45, 7) is 9.99. The number of nitrogens with one attached hydrogen (secondary N) is 1. The van der Waals surface area contributed by atoms with Crippen molar-refractivity contribution in [1.82, 2.24) is 10.2 Å². The van der Waals surface area contributed by atoms with Crippen molar-refractivity contribution < 1.29 is 9.53 Å². The molecule has 1 heterocycles. The van der Waals surface area contributed by atoms with E-state index < -0.39 is 5.60 Å². The van der Waals surface area contributed by atoms with Crippen LogP contribution < -0.4 is 11.1 Å². The van der Waals surface area contributed by atoms with Gasteiger partial charge in [-0.15, -0.1) is 0 Å². The molecule has 1 aliphatic heterocycles. The first-order valence-corrected chi connectivity index (χ1v) is 8.28. The molecule has 1 amide bonds. The molecule has 3 N–H and O–H groups in total. The van der Waals surface area contributed by atoms with E-state index in [2.05, 4.69) is 41.4 Å². The van der Waals surface area contributed by atoms with Crippen molar-refractivity contribution in [3.8, 4) is 0 Å². The average molecular weight is 319 g/mol. The summed E-state index contributed by atoms with van der Waals surface area (Å²) < 4.78 is 5.33. The van der Waals surface area contributed by atoms with Crippen molar-refractivity contribution in [3.05, 3.63) is 35.4 Å². The third-order valence-corrected chi connectivity index (χ3v) is 4.07. The first-order valence-electron chi connectivity index (χ1n) is 8.28. The van der Waals surface area contributed by atoms with Gasteiger partial charge in [0.05, 0.1) is 0 Å². The Morgan fingerprint density at radius 3 is 2.61 bits per heavy atom. The molecule has 0 spiro atoms. The largest absolute Gasteiger partial charge is 0.444 e. The SMILES string of the molecule is Cc1ccc([C@H](CN)N2CC[C@@H](NC(=O)OC(C)(C)C)C2)cc1. The monoisotopic (exact) mass is 319 g/mol. The van der Waals surface area contributed by atoms with E-state index in [-0.39, 0.29) is 18.2 Å². The standard InChI is InChI=1S/C18H29N3O2/c1-13-5-7-14(8-6-13)16(11-19)21-10-9-15(12-21)20-17(22)23-18(2,3)4/h5-8,15-16H,9-12,19H2,1-4H3,(H,20,22)/t15-,16+/m1/s1. The number of nitrogens with two attached hydrogens (primary N) is 1. The van der Waals surface area contributed by atoms with Crippen LogP contribution in [-0.4, -0.2) is 42.3 Å². The summed E-state index contributed by atoms with van der Waals surface area (Å²) in [7, 11) is 0. The summed E-state index contributed by atoms with van der Waals surface area (Å²) >= 11 is 0. The summed E-state index contributed by atoms with van der Waals surface area (Å²) in [5.41, 5.74) is 8.01. The zero-order valence-electron chi connectivity index (χ0n) is 14.6. The molecule has 23 heavy (non-hydrogen) atoms. The minimum absolute atomic E-state index is 0.115. The highest BCUT2D eigenvalue weighted by Gasteiger charge is 2.30. The third-order valence-electron chi connectivity index (χ3n) is 4.07. The molecular formula is C18H29N3O2. The molecule has 2 rings (SSSR count). The fourth-order valence-electron chi connectivity index (χ4n) is 2.95. The number of hydrogen-bond donors (Lipinski definition) is 2. The third kappa shape index (κ3) is 5.22. The quantitative estimate of drug-likeness (QED) is 0.895. The van der Waals surface area contributed by atoms with Gasteiger partial charge >= 0.3 is 6.09 Å². The molecule has 0 aliphatic carbocycles. The van der Waals surface area contributed by atoms with Crippen LogP contribution in [0, 0.1) is 6.92 Å². The number of aryl methyl sites for hydroxylation is 1. The summed E-state index contributed by atoms with van der Waals surface area (Å²) in [4.78, 5) is 14.2. The lowest BCUT2D eigenvalue weighted by Crippen LogP contribution is -2.41. The smallest absolute Gasteiger partial charge is 0.407 e. The van der Waals surface area contributed by atoms with Crippen molar-refractivity contribution in [1.29, 1.82) is 0 Å². The molecule has 0 bridgehead atoms. The van der Waals surface area contributed by atoms with E-state index in [1.165, 1.54) is 11.1 Å². The number of alkyl carbamates (subject to hydrolysis) is 1. The average Bonchev–Trinajstić information content (AvgIpc) is 2.87. The Hall–Kier alpha value is -1.59. The topological polar surface area (TPSA) is 67.6 Å². The zero-order valence-corrected chi connectivity index (χ0v) is 14.6. The number of carbonyl (C=O) groups is 1. The molecule has 1 aromatic rings. The molecule has 0 radical (unpaired) electrons. The van der Waals surface area contributed by atoms with Gasteiger partial charge in [0, 0.05) is 31.7 Å². The second-order valence-electron chi connectivity index (χ2n) is 7.29. The Bertz CT molecular complexity index is 522. The second-order valence-corrected chi connectivity index (χ2v) is 7.29. The van der Waals surface area contributed by atoms with Gasteiger partial charge < -0.3 is 15.8 Å². The van der Waals surface area contributed by atoms with Crippen LogP contribution in [0.25, 0.3) is 0 Å². The number of ether oxygens (including phenoxy) is 1. The molecule has 1 aliphatic rings. The Morgan fingerprint density at radius 2 is 2.04 bits per heavy atom. The molecule has 1 aromatic carbocycles. The Kier molecular flexibility index (Phi) is 5.65. The Morgan fingerprint density at radius 1 is 1.39 bits per heavy atom. The maximum Gasteiger partial charge on any atom is 0.407 e. The van der Waals surface area contributed by atoms with Gasteiger partial charge in [0.1, 0.15) is 5.60 Å². The van der Waals surface area contributed by atoms with Crippen LogP contribution in [0.1, 0.15) is 44.4 Å². The van der Waals surface area contributed by atoms with Crippen molar-refractivity contribution in [2.45, 2.75) is 51.8 Å². The maximum absolute atomic E-state index is 11.9. The number of amides is 1.